The highest BCUT2D eigenvalue weighted by atomic mass is 16.4. The van der Waals surface area contributed by atoms with E-state index in [1.165, 1.54) is 0 Å². The maximum absolute atomic E-state index is 11.7. The van der Waals surface area contributed by atoms with Crippen LogP contribution in [0.3, 0.4) is 0 Å². The number of carboxylic acid groups (broad SMARTS) is 1. The summed E-state index contributed by atoms with van der Waals surface area (Å²) in [4.78, 5) is 22.8. The molecule has 2 atom stereocenters. The molecule has 100 valence electrons. The van der Waals surface area contributed by atoms with Gasteiger partial charge in [0.1, 0.15) is 6.04 Å². The van der Waals surface area contributed by atoms with Gasteiger partial charge < -0.3 is 16.2 Å². The van der Waals surface area contributed by atoms with E-state index in [1.54, 1.807) is 20.8 Å². The summed E-state index contributed by atoms with van der Waals surface area (Å²) in [5.41, 5.74) is 5.15. The van der Waals surface area contributed by atoms with Crippen LogP contribution in [0.2, 0.25) is 0 Å². The Balaban J connectivity index is 4.47. The van der Waals surface area contributed by atoms with Crippen LogP contribution in [0, 0.1) is 5.41 Å². The highest BCUT2D eigenvalue weighted by molar-refractivity contribution is 5.87. The fraction of sp³-hybridized carbons (Fsp3) is 0.833. The number of amides is 1. The molecule has 1 unspecified atom stereocenters. The molecule has 5 nitrogen and oxygen atoms in total. The van der Waals surface area contributed by atoms with Crippen LogP contribution in [0.15, 0.2) is 0 Å². The van der Waals surface area contributed by atoms with Crippen LogP contribution in [0.1, 0.15) is 47.0 Å². The number of hydrogen-bond acceptors (Lipinski definition) is 3. The van der Waals surface area contributed by atoms with Crippen molar-refractivity contribution in [2.75, 3.05) is 0 Å². The molecule has 17 heavy (non-hydrogen) atoms. The number of carbonyl (C=O) groups excluding carboxylic acids is 1. The fourth-order valence-electron chi connectivity index (χ4n) is 1.45. The average molecular weight is 244 g/mol. The molecular weight excluding hydrogens is 220 g/mol. The number of rotatable bonds is 6. The molecule has 0 saturated heterocycles. The molecule has 0 radical (unpaired) electrons. The van der Waals surface area contributed by atoms with Crippen molar-refractivity contribution in [2.45, 2.75) is 59.0 Å². The van der Waals surface area contributed by atoms with Gasteiger partial charge in [0.25, 0.3) is 0 Å². The quantitative estimate of drug-likeness (QED) is 0.652. The zero-order valence-electron chi connectivity index (χ0n) is 11.1. The van der Waals surface area contributed by atoms with Gasteiger partial charge in [-0.15, -0.1) is 0 Å². The standard InChI is InChI=1S/C12H24N2O3/c1-5-6-7-8(13)10(15)14-9(11(16)17)12(2,3)4/h8-9H,5-7,13H2,1-4H3,(H,14,15)(H,16,17)/t8-,9?/m0/s1. The molecule has 0 aromatic heterocycles. The van der Waals surface area contributed by atoms with Gasteiger partial charge in [0.15, 0.2) is 0 Å². The summed E-state index contributed by atoms with van der Waals surface area (Å²) in [6.07, 6.45) is 2.41. The van der Waals surface area contributed by atoms with Gasteiger partial charge in [-0.3, -0.25) is 4.79 Å². The molecule has 0 fully saturated rings. The van der Waals surface area contributed by atoms with Crippen LogP contribution in [0.4, 0.5) is 0 Å². The Labute approximate surface area is 103 Å². The highest BCUT2D eigenvalue weighted by Crippen LogP contribution is 2.19. The van der Waals surface area contributed by atoms with E-state index >= 15 is 0 Å². The van der Waals surface area contributed by atoms with Crippen LogP contribution in [-0.2, 0) is 9.59 Å². The summed E-state index contributed by atoms with van der Waals surface area (Å²) in [7, 11) is 0. The van der Waals surface area contributed by atoms with Crippen LogP contribution in [-0.4, -0.2) is 29.1 Å². The van der Waals surface area contributed by atoms with Crippen molar-refractivity contribution >= 4 is 11.9 Å². The fourth-order valence-corrected chi connectivity index (χ4v) is 1.45. The Morgan fingerprint density at radius 2 is 1.88 bits per heavy atom. The molecule has 5 heteroatoms. The summed E-state index contributed by atoms with van der Waals surface area (Å²) in [5, 5.41) is 11.6. The predicted molar refractivity (Wildman–Crippen MR) is 66.5 cm³/mol. The number of hydrogen-bond donors (Lipinski definition) is 3. The van der Waals surface area contributed by atoms with E-state index in [2.05, 4.69) is 5.32 Å². The first kappa shape index (κ1) is 15.9. The average Bonchev–Trinajstić information content (AvgIpc) is 2.19. The maximum Gasteiger partial charge on any atom is 0.326 e. The normalized spacial score (nSPS) is 15.1. The molecule has 0 bridgehead atoms. The van der Waals surface area contributed by atoms with Crippen molar-refractivity contribution in [3.63, 3.8) is 0 Å². The molecule has 0 aromatic carbocycles. The first-order valence-corrected chi connectivity index (χ1v) is 5.99. The minimum atomic E-state index is -1.03. The Kier molecular flexibility index (Phi) is 6.16. The van der Waals surface area contributed by atoms with E-state index < -0.39 is 23.5 Å². The molecule has 0 heterocycles. The summed E-state index contributed by atoms with van der Waals surface area (Å²) in [6.45, 7) is 7.32. The van der Waals surface area contributed by atoms with E-state index in [4.69, 9.17) is 10.8 Å². The van der Waals surface area contributed by atoms with Crippen LogP contribution in [0.5, 0.6) is 0 Å². The maximum atomic E-state index is 11.7. The van der Waals surface area contributed by atoms with Crippen molar-refractivity contribution < 1.29 is 14.7 Å². The lowest BCUT2D eigenvalue weighted by Gasteiger charge is -2.28. The zero-order chi connectivity index (χ0) is 13.6. The summed E-state index contributed by atoms with van der Waals surface area (Å²) < 4.78 is 0. The Morgan fingerprint density at radius 1 is 1.35 bits per heavy atom. The third-order valence-electron chi connectivity index (χ3n) is 2.61. The molecule has 0 rings (SSSR count). The minimum Gasteiger partial charge on any atom is -0.480 e. The second-order valence-corrected chi connectivity index (χ2v) is 5.39. The lowest BCUT2D eigenvalue weighted by Crippen LogP contribution is -2.53. The van der Waals surface area contributed by atoms with E-state index in [0.29, 0.717) is 6.42 Å². The van der Waals surface area contributed by atoms with Gasteiger partial charge in [0.05, 0.1) is 6.04 Å². The molecule has 4 N–H and O–H groups in total. The van der Waals surface area contributed by atoms with Crippen molar-refractivity contribution in [2.24, 2.45) is 11.1 Å². The second kappa shape index (κ2) is 6.59. The summed E-state index contributed by atoms with van der Waals surface area (Å²) >= 11 is 0. The van der Waals surface area contributed by atoms with E-state index in [1.807, 2.05) is 6.92 Å². The zero-order valence-corrected chi connectivity index (χ0v) is 11.1. The van der Waals surface area contributed by atoms with E-state index in [9.17, 15) is 9.59 Å². The van der Waals surface area contributed by atoms with Gasteiger partial charge in [-0.25, -0.2) is 4.79 Å². The van der Waals surface area contributed by atoms with Gasteiger partial charge >= 0.3 is 5.97 Å². The van der Waals surface area contributed by atoms with Crippen molar-refractivity contribution in [3.05, 3.63) is 0 Å². The van der Waals surface area contributed by atoms with Crippen LogP contribution in [0.25, 0.3) is 0 Å². The number of carboxylic acids is 1. The number of nitrogens with one attached hydrogen (secondary N) is 1. The first-order chi connectivity index (χ1) is 7.70. The smallest absolute Gasteiger partial charge is 0.326 e. The van der Waals surface area contributed by atoms with Crippen molar-refractivity contribution in [1.29, 1.82) is 0 Å². The van der Waals surface area contributed by atoms with E-state index in [0.717, 1.165) is 12.8 Å². The molecule has 0 aromatic rings. The molecule has 1 amide bonds. The summed E-state index contributed by atoms with van der Waals surface area (Å²) in [6, 6.07) is -1.54. The van der Waals surface area contributed by atoms with Crippen molar-refractivity contribution in [3.8, 4) is 0 Å². The molecule has 0 saturated carbocycles. The summed E-state index contributed by atoms with van der Waals surface area (Å²) in [5.74, 6) is -1.42. The van der Waals surface area contributed by atoms with Gasteiger partial charge in [-0.1, -0.05) is 40.5 Å². The number of carbonyl (C=O) groups is 2. The molecule has 0 aliphatic heterocycles. The minimum absolute atomic E-state index is 0.388. The Morgan fingerprint density at radius 3 is 2.24 bits per heavy atom. The third kappa shape index (κ3) is 5.68. The largest absolute Gasteiger partial charge is 0.480 e. The second-order valence-electron chi connectivity index (χ2n) is 5.39. The first-order valence-electron chi connectivity index (χ1n) is 5.99. The van der Waals surface area contributed by atoms with Gasteiger partial charge in [0.2, 0.25) is 5.91 Å². The van der Waals surface area contributed by atoms with Crippen molar-refractivity contribution in [1.82, 2.24) is 5.32 Å². The lowest BCUT2D eigenvalue weighted by molar-refractivity contribution is -0.145. The monoisotopic (exact) mass is 244 g/mol. The topological polar surface area (TPSA) is 92.4 Å². The number of aliphatic carboxylic acids is 1. The van der Waals surface area contributed by atoms with Crippen LogP contribution < -0.4 is 11.1 Å². The predicted octanol–water partition coefficient (Wildman–Crippen LogP) is 1.12. The SMILES string of the molecule is CCCC[C@H](N)C(=O)NC(C(=O)O)C(C)(C)C. The van der Waals surface area contributed by atoms with Gasteiger partial charge in [0, 0.05) is 0 Å². The van der Waals surface area contributed by atoms with Gasteiger partial charge in [-0.2, -0.15) is 0 Å². The Bertz CT molecular complexity index is 271. The van der Waals surface area contributed by atoms with E-state index in [-0.39, 0.29) is 5.91 Å². The number of nitrogens with two attached hydrogens (primary N) is 1. The number of unbranched alkanes of at least 4 members (excludes halogenated alkanes) is 1. The molecular formula is C12H24N2O3. The van der Waals surface area contributed by atoms with Gasteiger partial charge in [-0.05, 0) is 11.8 Å². The lowest BCUT2D eigenvalue weighted by atomic mass is 9.86. The third-order valence-corrected chi connectivity index (χ3v) is 2.61. The highest BCUT2D eigenvalue weighted by Gasteiger charge is 2.33. The molecule has 0 aliphatic carbocycles. The van der Waals surface area contributed by atoms with Crippen LogP contribution >= 0.6 is 0 Å². The Hall–Kier alpha value is -1.10. The molecule has 0 aliphatic rings. The molecule has 0 spiro atoms.